The van der Waals surface area contributed by atoms with Gasteiger partial charge in [-0.1, -0.05) is 48.5 Å². The number of nitrogens with zero attached hydrogens (tertiary/aromatic N) is 4. The maximum atomic E-state index is 13.3. The zero-order valence-corrected chi connectivity index (χ0v) is 25.2. The molecule has 4 rings (SSSR count). The first-order valence-electron chi connectivity index (χ1n) is 13.9. The zero-order valence-electron chi connectivity index (χ0n) is 25.2. The van der Waals surface area contributed by atoms with Gasteiger partial charge < -0.3 is 24.0 Å². The van der Waals surface area contributed by atoms with Crippen molar-refractivity contribution < 1.29 is 18.8 Å². The predicted molar refractivity (Wildman–Crippen MR) is 153 cm³/mol. The standard InChI is InChI=1S/C21H32N5O.C4H8O2.2C2H6/c1-15-13-25(20(27)24-9-11-26(4,5)12-10-24)14-21(2,3)17-16-7-6-8-22-19(16)23-18(15)17;1-4(2)6-3-5;2*1-2/h6-8,15H,9-14H2,1-5H3,(H,22,23);3-4H,1-2H3;2*1-2H3/q+1;;;. The number of likely N-dealkylation sites (N-methyl/N-ethyl adjacent to an activating group) is 1. The van der Waals surface area contributed by atoms with Gasteiger partial charge in [0.25, 0.3) is 6.47 Å². The Bertz CT molecular complexity index is 973. The summed E-state index contributed by atoms with van der Waals surface area (Å²) in [5.74, 6) is 0.261. The third kappa shape index (κ3) is 8.45. The number of piperazine rings is 1. The molecule has 1 saturated heterocycles. The Morgan fingerprint density at radius 2 is 1.76 bits per heavy atom. The van der Waals surface area contributed by atoms with Crippen molar-refractivity contribution in [1.29, 1.82) is 0 Å². The lowest BCUT2D eigenvalue weighted by Gasteiger charge is -2.41. The maximum Gasteiger partial charge on any atom is 0.320 e. The van der Waals surface area contributed by atoms with Gasteiger partial charge in [-0.15, -0.1) is 0 Å². The van der Waals surface area contributed by atoms with Crippen molar-refractivity contribution in [3.8, 4) is 0 Å². The van der Waals surface area contributed by atoms with Crippen LogP contribution in [0.5, 0.6) is 0 Å². The van der Waals surface area contributed by atoms with Gasteiger partial charge in [-0.05, 0) is 31.5 Å². The van der Waals surface area contributed by atoms with E-state index >= 15 is 0 Å². The lowest BCUT2D eigenvalue weighted by Crippen LogP contribution is -2.59. The van der Waals surface area contributed by atoms with Crippen LogP contribution in [-0.2, 0) is 14.9 Å². The highest BCUT2D eigenvalue weighted by molar-refractivity contribution is 5.83. The lowest BCUT2D eigenvalue weighted by atomic mass is 9.82. The van der Waals surface area contributed by atoms with E-state index in [1.807, 2.05) is 44.9 Å². The largest absolute Gasteiger partial charge is 0.465 e. The smallest absolute Gasteiger partial charge is 0.320 e. The van der Waals surface area contributed by atoms with Gasteiger partial charge in [0.05, 0.1) is 46.4 Å². The molecule has 2 aliphatic rings. The number of amides is 2. The highest BCUT2D eigenvalue weighted by Crippen LogP contribution is 2.40. The first-order chi connectivity index (χ1) is 17.4. The first-order valence-corrected chi connectivity index (χ1v) is 13.9. The van der Waals surface area contributed by atoms with Gasteiger partial charge in [0, 0.05) is 41.7 Å². The molecule has 0 spiro atoms. The Labute approximate surface area is 225 Å². The highest BCUT2D eigenvalue weighted by atomic mass is 16.5. The first kappa shape index (κ1) is 32.4. The van der Waals surface area contributed by atoms with Crippen molar-refractivity contribution >= 4 is 23.5 Å². The van der Waals surface area contributed by atoms with Crippen LogP contribution in [0, 0.1) is 0 Å². The summed E-state index contributed by atoms with van der Waals surface area (Å²) in [6, 6.07) is 4.34. The number of fused-ring (bicyclic) bond motifs is 3. The minimum Gasteiger partial charge on any atom is -0.465 e. The second-order valence-corrected chi connectivity index (χ2v) is 10.9. The second kappa shape index (κ2) is 14.4. The van der Waals surface area contributed by atoms with E-state index in [2.05, 4.69) is 60.5 Å². The van der Waals surface area contributed by atoms with Crippen LogP contribution in [0.3, 0.4) is 0 Å². The number of ether oxygens (including phenoxy) is 1. The number of carbonyl (C=O) groups excluding carboxylic acids is 2. The summed E-state index contributed by atoms with van der Waals surface area (Å²) in [7, 11) is 4.48. The predicted octanol–water partition coefficient (Wildman–Crippen LogP) is 5.39. The Balaban J connectivity index is 0.000000595. The minimum atomic E-state index is -0.123. The Morgan fingerprint density at radius 1 is 1.16 bits per heavy atom. The summed E-state index contributed by atoms with van der Waals surface area (Å²) >= 11 is 0. The van der Waals surface area contributed by atoms with E-state index in [9.17, 15) is 9.59 Å². The van der Waals surface area contributed by atoms with Crippen LogP contribution < -0.4 is 0 Å². The van der Waals surface area contributed by atoms with Crippen molar-refractivity contribution in [3.05, 3.63) is 29.6 Å². The molecule has 1 fully saturated rings. The van der Waals surface area contributed by atoms with Gasteiger partial charge >= 0.3 is 6.03 Å². The molecule has 0 bridgehead atoms. The lowest BCUT2D eigenvalue weighted by molar-refractivity contribution is -0.894. The quantitative estimate of drug-likeness (QED) is 0.427. The number of pyridine rings is 1. The monoisotopic (exact) mass is 518 g/mol. The molecule has 210 valence electrons. The number of rotatable bonds is 2. The summed E-state index contributed by atoms with van der Waals surface area (Å²) in [6.45, 7) is 24.0. The van der Waals surface area contributed by atoms with E-state index in [1.54, 1.807) is 13.8 Å². The number of hydrogen-bond donors (Lipinski definition) is 1. The summed E-state index contributed by atoms with van der Waals surface area (Å²) in [4.78, 5) is 34.9. The van der Waals surface area contributed by atoms with Crippen molar-refractivity contribution in [1.82, 2.24) is 19.8 Å². The van der Waals surface area contributed by atoms with Crippen LogP contribution in [0.25, 0.3) is 11.0 Å². The molecule has 4 heterocycles. The van der Waals surface area contributed by atoms with Crippen LogP contribution in [0.4, 0.5) is 4.79 Å². The van der Waals surface area contributed by atoms with E-state index in [4.69, 9.17) is 0 Å². The SMILES string of the molecule is CC.CC.CC(C)OC=O.CC1CN(C(=O)N2CC[N+](C)(C)CC2)CC(C)(C)c2c1[nH]c1ncccc21. The van der Waals surface area contributed by atoms with Crippen LogP contribution in [0.1, 0.15) is 79.5 Å². The van der Waals surface area contributed by atoms with Crippen molar-refractivity contribution in [2.45, 2.75) is 79.8 Å². The molecule has 1 N–H and O–H groups in total. The average Bonchev–Trinajstić information content (AvgIpc) is 3.23. The van der Waals surface area contributed by atoms with E-state index < -0.39 is 0 Å². The summed E-state index contributed by atoms with van der Waals surface area (Å²) in [5.41, 5.74) is 3.39. The van der Waals surface area contributed by atoms with Crippen molar-refractivity contribution in [3.63, 3.8) is 0 Å². The molecule has 1 unspecified atom stereocenters. The molecule has 0 aromatic carbocycles. The van der Waals surface area contributed by atoms with E-state index in [-0.39, 0.29) is 23.5 Å². The molecule has 8 nitrogen and oxygen atoms in total. The number of H-pyrrole nitrogens is 1. The number of carbonyl (C=O) groups is 2. The van der Waals surface area contributed by atoms with Crippen LogP contribution in [0.15, 0.2) is 18.3 Å². The molecule has 2 amide bonds. The fourth-order valence-electron chi connectivity index (χ4n) is 4.84. The van der Waals surface area contributed by atoms with Gasteiger partial charge in [0.15, 0.2) is 0 Å². The maximum absolute atomic E-state index is 13.3. The normalized spacial score (nSPS) is 19.6. The Kier molecular flexibility index (Phi) is 12.6. The molecule has 0 aliphatic carbocycles. The molecule has 2 aliphatic heterocycles. The van der Waals surface area contributed by atoms with E-state index in [1.165, 1.54) is 16.6 Å². The molecule has 8 heteroatoms. The average molecular weight is 519 g/mol. The number of hydrogen-bond acceptors (Lipinski definition) is 4. The molecule has 0 saturated carbocycles. The van der Waals surface area contributed by atoms with Crippen molar-refractivity contribution in [2.75, 3.05) is 53.4 Å². The van der Waals surface area contributed by atoms with E-state index in [0.717, 1.165) is 49.4 Å². The number of quaternary nitrogens is 1. The molecule has 2 aromatic rings. The number of aromatic nitrogens is 2. The van der Waals surface area contributed by atoms with Gasteiger partial charge in [-0.3, -0.25) is 4.79 Å². The van der Waals surface area contributed by atoms with Gasteiger partial charge in [-0.2, -0.15) is 0 Å². The van der Waals surface area contributed by atoms with Crippen LogP contribution in [-0.4, -0.2) is 96.2 Å². The number of nitrogens with one attached hydrogen (secondary N) is 1. The summed E-state index contributed by atoms with van der Waals surface area (Å²) < 4.78 is 5.36. The minimum absolute atomic E-state index is 0.0301. The molecular formula is C29H52N5O3+. The zero-order chi connectivity index (χ0) is 28.4. The fraction of sp³-hybridized carbons (Fsp3) is 0.690. The molecule has 37 heavy (non-hydrogen) atoms. The highest BCUT2D eigenvalue weighted by Gasteiger charge is 2.39. The number of aromatic amines is 1. The fourth-order valence-corrected chi connectivity index (χ4v) is 4.84. The molecule has 2 aromatic heterocycles. The van der Waals surface area contributed by atoms with Gasteiger partial charge in [0.2, 0.25) is 0 Å². The number of urea groups is 1. The van der Waals surface area contributed by atoms with Gasteiger partial charge in [0.1, 0.15) is 5.65 Å². The van der Waals surface area contributed by atoms with E-state index in [0.29, 0.717) is 6.47 Å². The summed E-state index contributed by atoms with van der Waals surface area (Å²) in [6.07, 6.45) is 1.87. The van der Waals surface area contributed by atoms with Crippen molar-refractivity contribution in [2.24, 2.45) is 0 Å². The molecular weight excluding hydrogens is 466 g/mol. The summed E-state index contributed by atoms with van der Waals surface area (Å²) in [5, 5.41) is 1.19. The third-order valence-electron chi connectivity index (χ3n) is 6.67. The third-order valence-corrected chi connectivity index (χ3v) is 6.67. The Morgan fingerprint density at radius 3 is 2.27 bits per heavy atom. The topological polar surface area (TPSA) is 78.5 Å². The van der Waals surface area contributed by atoms with Crippen LogP contribution in [0.2, 0.25) is 0 Å². The Hall–Kier alpha value is -2.61. The second-order valence-electron chi connectivity index (χ2n) is 10.9. The van der Waals surface area contributed by atoms with Gasteiger partial charge in [-0.25, -0.2) is 9.78 Å². The molecule has 0 radical (unpaired) electrons. The van der Waals surface area contributed by atoms with Crippen LogP contribution >= 0.6 is 0 Å². The molecule has 1 atom stereocenters.